The van der Waals surface area contributed by atoms with Crippen molar-refractivity contribution in [2.24, 2.45) is 16.5 Å². The van der Waals surface area contributed by atoms with Gasteiger partial charge in [-0.2, -0.15) is 4.99 Å². The third kappa shape index (κ3) is 3.94. The minimum Gasteiger partial charge on any atom is -0.370 e. The van der Waals surface area contributed by atoms with Gasteiger partial charge in [-0.15, -0.1) is 23.7 Å². The number of aryl methyl sites for hydroxylation is 1. The Morgan fingerprint density at radius 3 is 2.60 bits per heavy atom. The van der Waals surface area contributed by atoms with Gasteiger partial charge in [-0.25, -0.2) is 4.79 Å². The molecule has 0 radical (unpaired) electrons. The summed E-state index contributed by atoms with van der Waals surface area (Å²) in [5.74, 6) is -0.286. The molecule has 5 nitrogen and oxygen atoms in total. The summed E-state index contributed by atoms with van der Waals surface area (Å²) in [6.45, 7) is 1.83. The number of anilines is 1. The molecule has 0 aromatic carbocycles. The molecule has 0 bridgehead atoms. The van der Waals surface area contributed by atoms with E-state index < -0.39 is 6.03 Å². The van der Waals surface area contributed by atoms with Gasteiger partial charge in [0.05, 0.1) is 5.69 Å². The molecule has 0 aliphatic heterocycles. The van der Waals surface area contributed by atoms with Crippen LogP contribution in [0.5, 0.6) is 0 Å². The van der Waals surface area contributed by atoms with Gasteiger partial charge in [0, 0.05) is 0 Å². The number of carbonyl (C=O) groups excluding carboxylic acids is 1. The summed E-state index contributed by atoms with van der Waals surface area (Å²) in [7, 11) is 0. The van der Waals surface area contributed by atoms with Crippen LogP contribution in [-0.2, 0) is 0 Å². The molecule has 1 heterocycles. The number of amides is 2. The van der Waals surface area contributed by atoms with Crippen LogP contribution >= 0.6 is 35.3 Å². The number of nitrogens with one attached hydrogen (secondary N) is 1. The molecule has 2 amide bonds. The third-order valence-electron chi connectivity index (χ3n) is 1.39. The van der Waals surface area contributed by atoms with Crippen molar-refractivity contribution in [3.05, 3.63) is 15.3 Å². The first-order valence-electron chi connectivity index (χ1n) is 3.65. The zero-order chi connectivity index (χ0) is 10.7. The maximum absolute atomic E-state index is 11.1. The van der Waals surface area contributed by atoms with Crippen LogP contribution in [0.25, 0.3) is 0 Å². The summed E-state index contributed by atoms with van der Waals surface area (Å²) in [6, 6.07) is -0.631. The van der Waals surface area contributed by atoms with E-state index in [0.29, 0.717) is 10.0 Å². The smallest absolute Gasteiger partial charge is 0.348 e. The minimum atomic E-state index is -0.631. The van der Waals surface area contributed by atoms with Crippen molar-refractivity contribution in [3.8, 4) is 0 Å². The van der Waals surface area contributed by atoms with Gasteiger partial charge in [0.15, 0.2) is 5.96 Å². The number of aliphatic imine (C=N–C) groups is 1. The Morgan fingerprint density at radius 1 is 1.60 bits per heavy atom. The molecule has 1 rings (SSSR count). The maximum atomic E-state index is 11.1. The van der Waals surface area contributed by atoms with Crippen LogP contribution in [0.2, 0.25) is 4.34 Å². The van der Waals surface area contributed by atoms with E-state index in [9.17, 15) is 4.79 Å². The van der Waals surface area contributed by atoms with E-state index in [4.69, 9.17) is 23.1 Å². The van der Waals surface area contributed by atoms with E-state index in [2.05, 4.69) is 10.3 Å². The summed E-state index contributed by atoms with van der Waals surface area (Å²) < 4.78 is 0.502. The molecule has 0 saturated carbocycles. The van der Waals surface area contributed by atoms with Gasteiger partial charge in [0.2, 0.25) is 0 Å². The maximum Gasteiger partial charge on any atom is 0.348 e. The van der Waals surface area contributed by atoms with Gasteiger partial charge < -0.3 is 16.8 Å². The SMILES string of the molecule is Cc1csc(Cl)c1NC(=O)N=C(N)N.Cl. The molecule has 1 aromatic heterocycles. The van der Waals surface area contributed by atoms with Crippen molar-refractivity contribution >= 4 is 53.0 Å². The lowest BCUT2D eigenvalue weighted by molar-refractivity contribution is 0.259. The van der Waals surface area contributed by atoms with Crippen LogP contribution in [-0.4, -0.2) is 12.0 Å². The number of nitrogens with zero attached hydrogens (tertiary/aromatic N) is 1. The summed E-state index contributed by atoms with van der Waals surface area (Å²) >= 11 is 7.15. The van der Waals surface area contributed by atoms with Crippen LogP contribution in [0.3, 0.4) is 0 Å². The fraction of sp³-hybridized carbons (Fsp3) is 0.143. The molecule has 5 N–H and O–H groups in total. The van der Waals surface area contributed by atoms with Gasteiger partial charge >= 0.3 is 6.03 Å². The molecular weight excluding hydrogens is 259 g/mol. The number of nitrogens with two attached hydrogens (primary N) is 2. The quantitative estimate of drug-likeness (QED) is 0.537. The van der Waals surface area contributed by atoms with Gasteiger partial charge in [0.25, 0.3) is 0 Å². The topological polar surface area (TPSA) is 93.5 Å². The molecular formula is C7H10Cl2N4OS. The highest BCUT2D eigenvalue weighted by molar-refractivity contribution is 7.15. The molecule has 0 unspecified atom stereocenters. The molecule has 0 aliphatic carbocycles. The van der Waals surface area contributed by atoms with E-state index in [0.717, 1.165) is 5.56 Å². The number of urea groups is 1. The summed E-state index contributed by atoms with van der Waals surface area (Å²) in [5, 5.41) is 4.31. The Kier molecular flexibility index (Phi) is 5.41. The zero-order valence-electron chi connectivity index (χ0n) is 7.78. The zero-order valence-corrected chi connectivity index (χ0v) is 10.2. The molecule has 15 heavy (non-hydrogen) atoms. The Bertz CT molecular complexity index is 367. The number of halogens is 2. The van der Waals surface area contributed by atoms with Crippen LogP contribution in [0.15, 0.2) is 10.4 Å². The fourth-order valence-electron chi connectivity index (χ4n) is 0.813. The molecule has 8 heteroatoms. The molecule has 1 aromatic rings. The predicted molar refractivity (Wildman–Crippen MR) is 66.1 cm³/mol. The third-order valence-corrected chi connectivity index (χ3v) is 2.73. The van der Waals surface area contributed by atoms with E-state index >= 15 is 0 Å². The highest BCUT2D eigenvalue weighted by atomic mass is 35.5. The summed E-state index contributed by atoms with van der Waals surface area (Å²) in [5.41, 5.74) is 11.5. The number of guanidine groups is 1. The molecule has 0 spiro atoms. The number of thiophene rings is 1. The Morgan fingerprint density at radius 2 is 2.20 bits per heavy atom. The van der Waals surface area contributed by atoms with Crippen LogP contribution in [0.4, 0.5) is 10.5 Å². The average Bonchev–Trinajstić information content (AvgIpc) is 2.34. The monoisotopic (exact) mass is 268 g/mol. The standard InChI is InChI=1S/C7H9ClN4OS.ClH/c1-3-2-14-5(8)4(3)11-7(13)12-6(9)10;/h2H,1H3,(H5,9,10,11,12,13);1H. The second-order valence-electron chi connectivity index (χ2n) is 2.53. The number of rotatable bonds is 1. The van der Waals surface area contributed by atoms with E-state index in [1.807, 2.05) is 12.3 Å². The largest absolute Gasteiger partial charge is 0.370 e. The van der Waals surface area contributed by atoms with E-state index in [1.165, 1.54) is 11.3 Å². The first-order valence-corrected chi connectivity index (χ1v) is 4.90. The van der Waals surface area contributed by atoms with Crippen molar-refractivity contribution < 1.29 is 4.79 Å². The highest BCUT2D eigenvalue weighted by Crippen LogP contribution is 2.32. The molecule has 0 atom stereocenters. The van der Waals surface area contributed by atoms with Crippen LogP contribution in [0.1, 0.15) is 5.56 Å². The molecule has 0 aliphatic rings. The number of hydrogen-bond acceptors (Lipinski definition) is 2. The summed E-state index contributed by atoms with van der Waals surface area (Å²) in [6.07, 6.45) is 0. The Balaban J connectivity index is 0.00000196. The van der Waals surface area contributed by atoms with E-state index in [1.54, 1.807) is 0 Å². The highest BCUT2D eigenvalue weighted by Gasteiger charge is 2.09. The van der Waals surface area contributed by atoms with Crippen molar-refractivity contribution in [1.29, 1.82) is 0 Å². The second-order valence-corrected chi connectivity index (χ2v) is 4.02. The fourth-order valence-corrected chi connectivity index (χ4v) is 1.87. The van der Waals surface area contributed by atoms with Crippen molar-refractivity contribution in [2.75, 3.05) is 5.32 Å². The molecule has 0 fully saturated rings. The van der Waals surface area contributed by atoms with Gasteiger partial charge in [-0.05, 0) is 17.9 Å². The van der Waals surface area contributed by atoms with Crippen LogP contribution in [0, 0.1) is 6.92 Å². The first-order chi connectivity index (χ1) is 6.50. The molecule has 0 saturated heterocycles. The first kappa shape index (κ1) is 14.0. The number of carbonyl (C=O) groups is 1. The van der Waals surface area contributed by atoms with Crippen molar-refractivity contribution in [2.45, 2.75) is 6.92 Å². The van der Waals surface area contributed by atoms with E-state index in [-0.39, 0.29) is 18.4 Å². The lowest BCUT2D eigenvalue weighted by atomic mass is 10.3. The van der Waals surface area contributed by atoms with Crippen molar-refractivity contribution in [3.63, 3.8) is 0 Å². The molecule has 84 valence electrons. The minimum absolute atomic E-state index is 0. The van der Waals surface area contributed by atoms with Gasteiger partial charge in [-0.3, -0.25) is 0 Å². The Hall–Kier alpha value is -0.980. The lowest BCUT2D eigenvalue weighted by Gasteiger charge is -2.01. The average molecular weight is 269 g/mol. The van der Waals surface area contributed by atoms with Crippen molar-refractivity contribution in [1.82, 2.24) is 0 Å². The van der Waals surface area contributed by atoms with Gasteiger partial charge in [0.1, 0.15) is 4.34 Å². The lowest BCUT2D eigenvalue weighted by Crippen LogP contribution is -2.25. The van der Waals surface area contributed by atoms with Crippen LogP contribution < -0.4 is 16.8 Å². The predicted octanol–water partition coefficient (Wildman–Crippen LogP) is 1.94. The Labute approximate surface area is 102 Å². The summed E-state index contributed by atoms with van der Waals surface area (Å²) in [4.78, 5) is 14.4. The van der Waals surface area contributed by atoms with Gasteiger partial charge in [-0.1, -0.05) is 11.6 Å². The normalized spacial score (nSPS) is 8.93. The number of hydrogen-bond donors (Lipinski definition) is 3. The second kappa shape index (κ2) is 5.79.